The molecule has 0 radical (unpaired) electrons. The number of carbonyl (C=O) groups is 1. The fraction of sp³-hybridized carbons (Fsp3) is 0.941. The summed E-state index contributed by atoms with van der Waals surface area (Å²) in [6, 6.07) is 1.72. The van der Waals surface area contributed by atoms with Gasteiger partial charge in [-0.15, -0.1) is 0 Å². The van der Waals surface area contributed by atoms with E-state index in [2.05, 4.69) is 31.1 Å². The minimum atomic E-state index is -0.430. The Morgan fingerprint density at radius 1 is 1.27 bits per heavy atom. The molecule has 0 saturated carbocycles. The van der Waals surface area contributed by atoms with E-state index in [-0.39, 0.29) is 12.1 Å². The quantitative estimate of drug-likeness (QED) is 0.851. The Labute approximate surface area is 135 Å². The lowest BCUT2D eigenvalue weighted by molar-refractivity contribution is 0.00639. The van der Waals surface area contributed by atoms with Crippen LogP contribution < -0.4 is 5.32 Å². The van der Waals surface area contributed by atoms with Crippen molar-refractivity contribution in [3.63, 3.8) is 0 Å². The molecule has 2 heterocycles. The molecule has 0 aromatic heterocycles. The zero-order chi connectivity index (χ0) is 16.5. The summed E-state index contributed by atoms with van der Waals surface area (Å²) in [7, 11) is 2.18. The predicted octanol–water partition coefficient (Wildman–Crippen LogP) is 2.46. The van der Waals surface area contributed by atoms with Crippen molar-refractivity contribution in [1.29, 1.82) is 0 Å². The first-order chi connectivity index (χ1) is 10.2. The van der Waals surface area contributed by atoms with Crippen molar-refractivity contribution in [3.05, 3.63) is 0 Å². The number of hydrogen-bond donors (Lipinski definition) is 1. The standard InChI is InChI=1S/C17H33N3O2/c1-12-10-14(11-19(12)6)18-15-8-7-9-20(13(15)2)16(21)22-17(3,4)5/h12-15,18H,7-11H2,1-6H3. The van der Waals surface area contributed by atoms with Gasteiger partial charge in [-0.1, -0.05) is 0 Å². The zero-order valence-electron chi connectivity index (χ0n) is 15.1. The topological polar surface area (TPSA) is 44.8 Å². The molecule has 2 saturated heterocycles. The maximum absolute atomic E-state index is 12.4. The van der Waals surface area contributed by atoms with E-state index >= 15 is 0 Å². The minimum Gasteiger partial charge on any atom is -0.444 e. The van der Waals surface area contributed by atoms with E-state index in [1.807, 2.05) is 25.7 Å². The summed E-state index contributed by atoms with van der Waals surface area (Å²) < 4.78 is 5.55. The third kappa shape index (κ3) is 4.35. The van der Waals surface area contributed by atoms with Gasteiger partial charge in [0.2, 0.25) is 0 Å². The second-order valence-corrected chi connectivity index (χ2v) is 8.05. The highest BCUT2D eigenvalue weighted by Crippen LogP contribution is 2.23. The summed E-state index contributed by atoms with van der Waals surface area (Å²) in [4.78, 5) is 16.7. The molecule has 2 rings (SSSR count). The number of carbonyl (C=O) groups excluding carboxylic acids is 1. The van der Waals surface area contributed by atoms with Crippen LogP contribution in [0.2, 0.25) is 0 Å². The minimum absolute atomic E-state index is 0.177. The Morgan fingerprint density at radius 2 is 1.95 bits per heavy atom. The molecule has 2 aliphatic rings. The van der Waals surface area contributed by atoms with Crippen molar-refractivity contribution in [2.24, 2.45) is 0 Å². The number of likely N-dealkylation sites (N-methyl/N-ethyl adjacent to an activating group) is 1. The van der Waals surface area contributed by atoms with Gasteiger partial charge in [-0.3, -0.25) is 0 Å². The molecule has 0 aromatic rings. The van der Waals surface area contributed by atoms with E-state index in [1.54, 1.807) is 0 Å². The van der Waals surface area contributed by atoms with Crippen LogP contribution in [-0.4, -0.2) is 65.8 Å². The van der Waals surface area contributed by atoms with Crippen molar-refractivity contribution < 1.29 is 9.53 Å². The lowest BCUT2D eigenvalue weighted by Crippen LogP contribution is -2.57. The summed E-state index contributed by atoms with van der Waals surface area (Å²) in [6.07, 6.45) is 3.18. The van der Waals surface area contributed by atoms with E-state index in [9.17, 15) is 4.79 Å². The first-order valence-electron chi connectivity index (χ1n) is 8.63. The van der Waals surface area contributed by atoms with Crippen LogP contribution in [0.5, 0.6) is 0 Å². The summed E-state index contributed by atoms with van der Waals surface area (Å²) in [5.41, 5.74) is -0.430. The van der Waals surface area contributed by atoms with Gasteiger partial charge in [-0.2, -0.15) is 0 Å². The van der Waals surface area contributed by atoms with Crippen molar-refractivity contribution in [2.45, 2.75) is 83.6 Å². The molecule has 0 spiro atoms. The van der Waals surface area contributed by atoms with Gasteiger partial charge in [0.25, 0.3) is 0 Å². The van der Waals surface area contributed by atoms with E-state index < -0.39 is 5.60 Å². The summed E-state index contributed by atoms with van der Waals surface area (Å²) >= 11 is 0. The molecular formula is C17H33N3O2. The highest BCUT2D eigenvalue weighted by molar-refractivity contribution is 5.68. The summed E-state index contributed by atoms with van der Waals surface area (Å²) in [5.74, 6) is 0. The molecule has 2 fully saturated rings. The van der Waals surface area contributed by atoms with Gasteiger partial charge in [0.15, 0.2) is 0 Å². The van der Waals surface area contributed by atoms with Crippen molar-refractivity contribution >= 4 is 6.09 Å². The number of nitrogens with one attached hydrogen (secondary N) is 1. The largest absolute Gasteiger partial charge is 0.444 e. The Morgan fingerprint density at radius 3 is 2.50 bits per heavy atom. The van der Waals surface area contributed by atoms with Crippen LogP contribution in [0.1, 0.15) is 53.9 Å². The Balaban J connectivity index is 1.92. The first-order valence-corrected chi connectivity index (χ1v) is 8.63. The maximum atomic E-state index is 12.4. The fourth-order valence-electron chi connectivity index (χ4n) is 3.56. The second kappa shape index (κ2) is 6.75. The lowest BCUT2D eigenvalue weighted by atomic mass is 9.96. The van der Waals surface area contributed by atoms with Crippen LogP contribution in [0.15, 0.2) is 0 Å². The van der Waals surface area contributed by atoms with Crippen molar-refractivity contribution in [1.82, 2.24) is 15.1 Å². The lowest BCUT2D eigenvalue weighted by Gasteiger charge is -2.41. The van der Waals surface area contributed by atoms with Crippen LogP contribution in [0, 0.1) is 0 Å². The highest BCUT2D eigenvalue weighted by Gasteiger charge is 2.36. The molecule has 128 valence electrons. The number of amides is 1. The van der Waals surface area contributed by atoms with Gasteiger partial charge < -0.3 is 19.9 Å². The third-order valence-electron chi connectivity index (χ3n) is 4.95. The van der Waals surface area contributed by atoms with E-state index in [1.165, 1.54) is 6.42 Å². The average Bonchev–Trinajstić information content (AvgIpc) is 2.68. The number of likely N-dealkylation sites (tertiary alicyclic amines) is 2. The predicted molar refractivity (Wildman–Crippen MR) is 89.1 cm³/mol. The molecule has 0 aromatic carbocycles. The number of rotatable bonds is 2. The Bertz CT molecular complexity index is 384. The molecular weight excluding hydrogens is 278 g/mol. The average molecular weight is 311 g/mol. The van der Waals surface area contributed by atoms with Crippen LogP contribution in [-0.2, 0) is 4.74 Å². The normalized spacial score (nSPS) is 34.0. The highest BCUT2D eigenvalue weighted by atomic mass is 16.6. The van der Waals surface area contributed by atoms with Gasteiger partial charge in [-0.05, 0) is 60.9 Å². The molecule has 2 aliphatic heterocycles. The van der Waals surface area contributed by atoms with E-state index in [0.29, 0.717) is 18.1 Å². The smallest absolute Gasteiger partial charge is 0.410 e. The summed E-state index contributed by atoms with van der Waals surface area (Å²) in [6.45, 7) is 12.1. The fourth-order valence-corrected chi connectivity index (χ4v) is 3.56. The molecule has 0 bridgehead atoms. The van der Waals surface area contributed by atoms with E-state index in [4.69, 9.17) is 4.74 Å². The van der Waals surface area contributed by atoms with E-state index in [0.717, 1.165) is 25.9 Å². The molecule has 5 nitrogen and oxygen atoms in total. The number of ether oxygens (including phenoxy) is 1. The number of piperidine rings is 1. The van der Waals surface area contributed by atoms with Crippen LogP contribution in [0.3, 0.4) is 0 Å². The molecule has 22 heavy (non-hydrogen) atoms. The van der Waals surface area contributed by atoms with Gasteiger partial charge in [-0.25, -0.2) is 4.79 Å². The van der Waals surface area contributed by atoms with Gasteiger partial charge in [0.1, 0.15) is 5.60 Å². The Hall–Kier alpha value is -0.810. The molecule has 1 amide bonds. The van der Waals surface area contributed by atoms with Crippen LogP contribution in [0.25, 0.3) is 0 Å². The van der Waals surface area contributed by atoms with Gasteiger partial charge >= 0.3 is 6.09 Å². The number of nitrogens with zero attached hydrogens (tertiary/aromatic N) is 2. The molecule has 0 aliphatic carbocycles. The van der Waals surface area contributed by atoms with Gasteiger partial charge in [0, 0.05) is 37.3 Å². The molecule has 4 atom stereocenters. The molecule has 5 heteroatoms. The SMILES string of the molecule is CC1CC(NC2CCCN(C(=O)OC(C)(C)C)C2C)CN1C. The van der Waals surface area contributed by atoms with Crippen molar-refractivity contribution in [2.75, 3.05) is 20.1 Å². The number of hydrogen-bond acceptors (Lipinski definition) is 4. The second-order valence-electron chi connectivity index (χ2n) is 8.05. The van der Waals surface area contributed by atoms with Crippen molar-refractivity contribution in [3.8, 4) is 0 Å². The zero-order valence-corrected chi connectivity index (χ0v) is 15.1. The molecule has 1 N–H and O–H groups in total. The van der Waals surface area contributed by atoms with Crippen LogP contribution >= 0.6 is 0 Å². The first kappa shape index (κ1) is 17.5. The van der Waals surface area contributed by atoms with Crippen LogP contribution in [0.4, 0.5) is 4.79 Å². The Kier molecular flexibility index (Phi) is 5.38. The summed E-state index contributed by atoms with van der Waals surface area (Å²) in [5, 5.41) is 3.78. The van der Waals surface area contributed by atoms with Gasteiger partial charge in [0.05, 0.1) is 0 Å². The third-order valence-corrected chi connectivity index (χ3v) is 4.95. The monoisotopic (exact) mass is 311 g/mol. The maximum Gasteiger partial charge on any atom is 0.410 e. The molecule has 4 unspecified atom stereocenters.